The van der Waals surface area contributed by atoms with Crippen LogP contribution in [-0.4, -0.2) is 25.5 Å². The summed E-state index contributed by atoms with van der Waals surface area (Å²) >= 11 is 0. The first-order valence-corrected chi connectivity index (χ1v) is 7.76. The first kappa shape index (κ1) is 21.1. The lowest BCUT2D eigenvalue weighted by Crippen LogP contribution is -2.31. The number of halogens is 3. The SMILES string of the molecule is Cl.Cl.Nc1cccc(C(=O)NCC2CCN(c3ccc(F)cc3)C2)c1. The van der Waals surface area contributed by atoms with Gasteiger partial charge in [-0.25, -0.2) is 4.39 Å². The van der Waals surface area contributed by atoms with Gasteiger partial charge in [-0.1, -0.05) is 6.07 Å². The summed E-state index contributed by atoms with van der Waals surface area (Å²) in [6.07, 6.45) is 1.01. The van der Waals surface area contributed by atoms with Gasteiger partial charge in [0.15, 0.2) is 0 Å². The molecule has 1 atom stereocenters. The van der Waals surface area contributed by atoms with Gasteiger partial charge in [-0.05, 0) is 54.8 Å². The lowest BCUT2D eigenvalue weighted by molar-refractivity contribution is 0.0948. The summed E-state index contributed by atoms with van der Waals surface area (Å²) in [5.74, 6) is 0.0708. The normalized spacial score (nSPS) is 15.9. The molecule has 1 amide bonds. The highest BCUT2D eigenvalue weighted by Gasteiger charge is 2.23. The fourth-order valence-corrected chi connectivity index (χ4v) is 2.90. The molecule has 0 radical (unpaired) electrons. The van der Waals surface area contributed by atoms with E-state index in [2.05, 4.69) is 10.2 Å². The molecule has 136 valence electrons. The van der Waals surface area contributed by atoms with Gasteiger partial charge < -0.3 is 16.0 Å². The van der Waals surface area contributed by atoms with E-state index in [0.717, 1.165) is 25.2 Å². The van der Waals surface area contributed by atoms with Gasteiger partial charge in [0.05, 0.1) is 0 Å². The van der Waals surface area contributed by atoms with Gasteiger partial charge in [0, 0.05) is 36.6 Å². The Balaban J connectivity index is 0.00000156. The summed E-state index contributed by atoms with van der Waals surface area (Å²) in [5.41, 5.74) is 7.88. The number of nitrogens with zero attached hydrogens (tertiary/aromatic N) is 1. The first-order valence-electron chi connectivity index (χ1n) is 7.76. The molecule has 1 aliphatic heterocycles. The molecule has 0 spiro atoms. The van der Waals surface area contributed by atoms with Crippen LogP contribution in [0.2, 0.25) is 0 Å². The molecule has 1 aliphatic rings. The van der Waals surface area contributed by atoms with Crippen LogP contribution in [0.5, 0.6) is 0 Å². The van der Waals surface area contributed by atoms with Crippen molar-refractivity contribution in [2.75, 3.05) is 30.3 Å². The van der Waals surface area contributed by atoms with Crippen molar-refractivity contribution >= 4 is 42.1 Å². The number of hydrogen-bond donors (Lipinski definition) is 2. The topological polar surface area (TPSA) is 58.4 Å². The minimum absolute atomic E-state index is 0. The molecular weight excluding hydrogens is 364 g/mol. The molecule has 2 aromatic rings. The Morgan fingerprint density at radius 1 is 1.20 bits per heavy atom. The number of benzene rings is 2. The quantitative estimate of drug-likeness (QED) is 0.791. The van der Waals surface area contributed by atoms with Crippen LogP contribution in [0.4, 0.5) is 15.8 Å². The van der Waals surface area contributed by atoms with E-state index in [1.54, 1.807) is 36.4 Å². The average molecular weight is 386 g/mol. The average Bonchev–Trinajstić information content (AvgIpc) is 3.02. The van der Waals surface area contributed by atoms with Crippen LogP contribution in [-0.2, 0) is 0 Å². The summed E-state index contributed by atoms with van der Waals surface area (Å²) in [4.78, 5) is 14.3. The van der Waals surface area contributed by atoms with Crippen molar-refractivity contribution in [3.63, 3.8) is 0 Å². The highest BCUT2D eigenvalue weighted by molar-refractivity contribution is 5.94. The maximum absolute atomic E-state index is 13.0. The maximum atomic E-state index is 13.0. The zero-order valence-corrected chi connectivity index (χ0v) is 15.3. The molecule has 0 bridgehead atoms. The van der Waals surface area contributed by atoms with E-state index in [-0.39, 0.29) is 36.5 Å². The zero-order valence-electron chi connectivity index (χ0n) is 13.7. The molecule has 25 heavy (non-hydrogen) atoms. The molecule has 1 heterocycles. The third-order valence-electron chi connectivity index (χ3n) is 4.18. The largest absolute Gasteiger partial charge is 0.399 e. The Morgan fingerprint density at radius 3 is 2.60 bits per heavy atom. The summed E-state index contributed by atoms with van der Waals surface area (Å²) in [5, 5.41) is 2.97. The third kappa shape index (κ3) is 5.51. The van der Waals surface area contributed by atoms with Crippen molar-refractivity contribution < 1.29 is 9.18 Å². The van der Waals surface area contributed by atoms with E-state index in [1.165, 1.54) is 12.1 Å². The molecule has 4 nitrogen and oxygen atoms in total. The molecular formula is C18H22Cl2FN3O. The highest BCUT2D eigenvalue weighted by atomic mass is 35.5. The summed E-state index contributed by atoms with van der Waals surface area (Å²) in [6.45, 7) is 2.42. The number of nitrogens with two attached hydrogens (primary N) is 1. The van der Waals surface area contributed by atoms with Gasteiger partial charge in [-0.2, -0.15) is 0 Å². The molecule has 2 aromatic carbocycles. The molecule has 1 unspecified atom stereocenters. The first-order chi connectivity index (χ1) is 11.1. The Labute approximate surface area is 159 Å². The van der Waals surface area contributed by atoms with Crippen LogP contribution in [0.1, 0.15) is 16.8 Å². The lowest BCUT2D eigenvalue weighted by Gasteiger charge is -2.18. The Kier molecular flexibility index (Phi) is 8.00. The highest BCUT2D eigenvalue weighted by Crippen LogP contribution is 2.23. The molecule has 1 fully saturated rings. The fourth-order valence-electron chi connectivity index (χ4n) is 2.90. The summed E-state index contributed by atoms with van der Waals surface area (Å²) in [7, 11) is 0. The second-order valence-corrected chi connectivity index (χ2v) is 5.91. The van der Waals surface area contributed by atoms with Crippen molar-refractivity contribution in [3.8, 4) is 0 Å². The van der Waals surface area contributed by atoms with Gasteiger partial charge >= 0.3 is 0 Å². The maximum Gasteiger partial charge on any atom is 0.251 e. The molecule has 1 saturated heterocycles. The molecule has 0 aliphatic carbocycles. The van der Waals surface area contributed by atoms with Crippen LogP contribution < -0.4 is 16.0 Å². The van der Waals surface area contributed by atoms with Crippen molar-refractivity contribution in [1.29, 1.82) is 0 Å². The monoisotopic (exact) mass is 385 g/mol. The van der Waals surface area contributed by atoms with E-state index in [4.69, 9.17) is 5.73 Å². The predicted octanol–water partition coefficient (Wildman–Crippen LogP) is 3.51. The second-order valence-electron chi connectivity index (χ2n) is 5.91. The van der Waals surface area contributed by atoms with Gasteiger partial charge in [0.1, 0.15) is 5.82 Å². The number of carbonyl (C=O) groups is 1. The van der Waals surface area contributed by atoms with E-state index < -0.39 is 0 Å². The lowest BCUT2D eigenvalue weighted by atomic mass is 10.1. The van der Waals surface area contributed by atoms with Crippen molar-refractivity contribution in [1.82, 2.24) is 5.32 Å². The molecule has 0 saturated carbocycles. The second kappa shape index (κ2) is 9.49. The van der Waals surface area contributed by atoms with Crippen LogP contribution in [0, 0.1) is 11.7 Å². The standard InChI is InChI=1S/C18H20FN3O.2ClH/c19-15-4-6-17(7-5-15)22-9-8-13(12-22)11-21-18(23)14-2-1-3-16(20)10-14;;/h1-7,10,13H,8-9,11-12,20H2,(H,21,23);2*1H. The van der Waals surface area contributed by atoms with E-state index in [1.807, 2.05) is 0 Å². The number of anilines is 2. The fraction of sp³-hybridized carbons (Fsp3) is 0.278. The van der Waals surface area contributed by atoms with Crippen LogP contribution >= 0.6 is 24.8 Å². The number of nitrogens with one attached hydrogen (secondary N) is 1. The molecule has 0 aromatic heterocycles. The smallest absolute Gasteiger partial charge is 0.251 e. The zero-order chi connectivity index (χ0) is 16.2. The molecule has 3 rings (SSSR count). The number of hydrogen-bond acceptors (Lipinski definition) is 3. The van der Waals surface area contributed by atoms with Crippen molar-refractivity contribution in [3.05, 3.63) is 59.9 Å². The van der Waals surface area contributed by atoms with E-state index >= 15 is 0 Å². The Hall–Kier alpha value is -1.98. The summed E-state index contributed by atoms with van der Waals surface area (Å²) in [6, 6.07) is 13.5. The van der Waals surface area contributed by atoms with E-state index in [9.17, 15) is 9.18 Å². The van der Waals surface area contributed by atoms with Crippen LogP contribution in [0.15, 0.2) is 48.5 Å². The van der Waals surface area contributed by atoms with Gasteiger partial charge in [-0.3, -0.25) is 4.79 Å². The Bertz CT molecular complexity index is 697. The predicted molar refractivity (Wildman–Crippen MR) is 104 cm³/mol. The van der Waals surface area contributed by atoms with Gasteiger partial charge in [-0.15, -0.1) is 24.8 Å². The van der Waals surface area contributed by atoms with Crippen molar-refractivity contribution in [2.45, 2.75) is 6.42 Å². The number of nitrogen functional groups attached to an aromatic ring is 1. The van der Waals surface area contributed by atoms with Crippen molar-refractivity contribution in [2.24, 2.45) is 5.92 Å². The number of rotatable bonds is 4. The van der Waals surface area contributed by atoms with Crippen LogP contribution in [0.3, 0.4) is 0 Å². The van der Waals surface area contributed by atoms with Crippen LogP contribution in [0.25, 0.3) is 0 Å². The van der Waals surface area contributed by atoms with E-state index in [0.29, 0.717) is 23.7 Å². The summed E-state index contributed by atoms with van der Waals surface area (Å²) < 4.78 is 13.0. The minimum Gasteiger partial charge on any atom is -0.399 e. The number of amides is 1. The Morgan fingerprint density at radius 2 is 1.92 bits per heavy atom. The minimum atomic E-state index is -0.223. The third-order valence-corrected chi connectivity index (χ3v) is 4.18. The number of carbonyl (C=O) groups excluding carboxylic acids is 1. The van der Waals surface area contributed by atoms with Gasteiger partial charge in [0.2, 0.25) is 0 Å². The van der Waals surface area contributed by atoms with Gasteiger partial charge in [0.25, 0.3) is 5.91 Å². The molecule has 3 N–H and O–H groups in total. The molecule has 7 heteroatoms.